The first-order valence-electron chi connectivity index (χ1n) is 6.14. The van der Waals surface area contributed by atoms with Gasteiger partial charge in [-0.15, -0.1) is 0 Å². The van der Waals surface area contributed by atoms with Crippen molar-refractivity contribution in [2.24, 2.45) is 11.8 Å². The van der Waals surface area contributed by atoms with Crippen molar-refractivity contribution in [1.82, 2.24) is 0 Å². The molecule has 2 saturated carbocycles. The summed E-state index contributed by atoms with van der Waals surface area (Å²) in [5.41, 5.74) is 0.401. The van der Waals surface area contributed by atoms with Gasteiger partial charge >= 0.3 is 0 Å². The molecule has 0 amide bonds. The largest absolute Gasteiger partial charge is 0.496 e. The number of aliphatic hydroxyl groups is 1. The normalized spacial score (nSPS) is 36.6. The highest BCUT2D eigenvalue weighted by molar-refractivity contribution is 5.43. The highest BCUT2D eigenvalue weighted by Crippen LogP contribution is 2.65. The van der Waals surface area contributed by atoms with Crippen molar-refractivity contribution in [2.75, 3.05) is 7.11 Å². The summed E-state index contributed by atoms with van der Waals surface area (Å²) in [6.07, 6.45) is 4.86. The van der Waals surface area contributed by atoms with Gasteiger partial charge in [-0.25, -0.2) is 0 Å². The van der Waals surface area contributed by atoms with Crippen LogP contribution in [0, 0.1) is 11.8 Å². The van der Waals surface area contributed by atoms with Crippen LogP contribution in [0.4, 0.5) is 0 Å². The SMILES string of the molecule is COc1ccccc1C1(O)C2CCCCC21. The molecule has 1 aromatic carbocycles. The second-order valence-electron chi connectivity index (χ2n) is 5.02. The third-order valence-electron chi connectivity index (χ3n) is 4.33. The summed E-state index contributed by atoms with van der Waals surface area (Å²) in [6.45, 7) is 0. The van der Waals surface area contributed by atoms with E-state index in [1.54, 1.807) is 7.11 Å². The van der Waals surface area contributed by atoms with Crippen LogP contribution in [0.15, 0.2) is 24.3 Å². The van der Waals surface area contributed by atoms with E-state index in [1.807, 2.05) is 24.3 Å². The number of ether oxygens (including phenoxy) is 1. The van der Waals surface area contributed by atoms with Crippen molar-refractivity contribution in [3.05, 3.63) is 29.8 Å². The maximum atomic E-state index is 10.8. The Morgan fingerprint density at radius 2 is 1.81 bits per heavy atom. The van der Waals surface area contributed by atoms with Crippen molar-refractivity contribution >= 4 is 0 Å². The summed E-state index contributed by atoms with van der Waals surface area (Å²) in [5, 5.41) is 10.8. The van der Waals surface area contributed by atoms with Crippen LogP contribution in [0.25, 0.3) is 0 Å². The molecular formula is C14H18O2. The van der Waals surface area contributed by atoms with Crippen molar-refractivity contribution in [3.8, 4) is 5.75 Å². The lowest BCUT2D eigenvalue weighted by atomic mass is 10.0. The van der Waals surface area contributed by atoms with Crippen LogP contribution in [-0.4, -0.2) is 12.2 Å². The van der Waals surface area contributed by atoms with Gasteiger partial charge in [0.15, 0.2) is 0 Å². The molecule has 0 aliphatic heterocycles. The minimum absolute atomic E-state index is 0.470. The average molecular weight is 218 g/mol. The van der Waals surface area contributed by atoms with Gasteiger partial charge in [-0.05, 0) is 30.7 Å². The minimum atomic E-state index is -0.594. The van der Waals surface area contributed by atoms with Gasteiger partial charge in [-0.3, -0.25) is 0 Å². The maximum absolute atomic E-state index is 10.8. The quantitative estimate of drug-likeness (QED) is 0.827. The zero-order valence-corrected chi connectivity index (χ0v) is 9.65. The molecule has 2 heteroatoms. The lowest BCUT2D eigenvalue weighted by molar-refractivity contribution is 0.114. The van der Waals surface area contributed by atoms with Gasteiger partial charge in [0, 0.05) is 5.56 Å². The second kappa shape index (κ2) is 3.49. The highest BCUT2D eigenvalue weighted by Gasteiger charge is 2.65. The molecule has 0 saturated heterocycles. The van der Waals surface area contributed by atoms with E-state index in [-0.39, 0.29) is 0 Å². The Kier molecular flexibility index (Phi) is 2.21. The van der Waals surface area contributed by atoms with Crippen LogP contribution in [0.1, 0.15) is 31.2 Å². The maximum Gasteiger partial charge on any atom is 0.124 e. The van der Waals surface area contributed by atoms with Gasteiger partial charge in [-0.2, -0.15) is 0 Å². The topological polar surface area (TPSA) is 29.5 Å². The van der Waals surface area contributed by atoms with Crippen LogP contribution >= 0.6 is 0 Å². The van der Waals surface area contributed by atoms with Crippen molar-refractivity contribution in [1.29, 1.82) is 0 Å². The van der Waals surface area contributed by atoms with Crippen molar-refractivity contribution in [2.45, 2.75) is 31.3 Å². The molecule has 2 unspecified atom stereocenters. The zero-order valence-electron chi connectivity index (χ0n) is 9.65. The van der Waals surface area contributed by atoms with E-state index in [0.29, 0.717) is 11.8 Å². The molecule has 1 N–H and O–H groups in total. The molecule has 16 heavy (non-hydrogen) atoms. The van der Waals surface area contributed by atoms with Gasteiger partial charge < -0.3 is 9.84 Å². The number of hydrogen-bond acceptors (Lipinski definition) is 2. The number of benzene rings is 1. The summed E-state index contributed by atoms with van der Waals surface area (Å²) >= 11 is 0. The number of methoxy groups -OCH3 is 1. The Balaban J connectivity index is 1.98. The van der Waals surface area contributed by atoms with E-state index in [0.717, 1.165) is 11.3 Å². The number of hydrogen-bond donors (Lipinski definition) is 1. The average Bonchev–Trinajstić information content (AvgIpc) is 2.97. The van der Waals surface area contributed by atoms with E-state index >= 15 is 0 Å². The fourth-order valence-electron chi connectivity index (χ4n) is 3.47. The smallest absolute Gasteiger partial charge is 0.124 e. The molecule has 2 fully saturated rings. The third-order valence-corrected chi connectivity index (χ3v) is 4.33. The van der Waals surface area contributed by atoms with Crippen LogP contribution in [0.2, 0.25) is 0 Å². The molecule has 0 aromatic heterocycles. The van der Waals surface area contributed by atoms with Crippen LogP contribution < -0.4 is 4.74 Å². The standard InChI is InChI=1S/C14H18O2/c1-16-13-9-5-4-8-12(13)14(15)10-6-2-3-7-11(10)14/h4-5,8-11,15H,2-3,6-7H2,1H3. The molecule has 0 heterocycles. The predicted octanol–water partition coefficient (Wildman–Crippen LogP) is 2.70. The Bertz CT molecular complexity index is 387. The van der Waals surface area contributed by atoms with Gasteiger partial charge in [0.2, 0.25) is 0 Å². The number of rotatable bonds is 2. The van der Waals surface area contributed by atoms with Crippen molar-refractivity contribution in [3.63, 3.8) is 0 Å². The molecule has 1 aromatic rings. The molecule has 2 aliphatic carbocycles. The van der Waals surface area contributed by atoms with Crippen LogP contribution in [0.3, 0.4) is 0 Å². The summed E-state index contributed by atoms with van der Waals surface area (Å²) in [5.74, 6) is 1.77. The first-order chi connectivity index (χ1) is 7.78. The lowest BCUT2D eigenvalue weighted by Gasteiger charge is -2.15. The van der Waals surface area contributed by atoms with Gasteiger partial charge in [0.25, 0.3) is 0 Å². The first kappa shape index (κ1) is 10.2. The van der Waals surface area contributed by atoms with Gasteiger partial charge in [0.05, 0.1) is 12.7 Å². The van der Waals surface area contributed by atoms with Crippen molar-refractivity contribution < 1.29 is 9.84 Å². The van der Waals surface area contributed by atoms with E-state index in [4.69, 9.17) is 4.74 Å². The van der Waals surface area contributed by atoms with E-state index in [2.05, 4.69) is 0 Å². The first-order valence-corrected chi connectivity index (χ1v) is 6.14. The molecule has 2 aliphatic rings. The molecule has 0 bridgehead atoms. The number of para-hydroxylation sites is 1. The summed E-state index contributed by atoms with van der Waals surface area (Å²) < 4.78 is 5.36. The molecule has 3 rings (SSSR count). The molecule has 0 spiro atoms. The van der Waals surface area contributed by atoms with E-state index in [1.165, 1.54) is 25.7 Å². The van der Waals surface area contributed by atoms with E-state index in [9.17, 15) is 5.11 Å². The monoisotopic (exact) mass is 218 g/mol. The Hall–Kier alpha value is -1.02. The van der Waals surface area contributed by atoms with Crippen LogP contribution in [-0.2, 0) is 5.60 Å². The Labute approximate surface area is 96.2 Å². The summed E-state index contributed by atoms with van der Waals surface area (Å²) in [7, 11) is 1.67. The fourth-order valence-corrected chi connectivity index (χ4v) is 3.47. The van der Waals surface area contributed by atoms with E-state index < -0.39 is 5.60 Å². The molecular weight excluding hydrogens is 200 g/mol. The fraction of sp³-hybridized carbons (Fsp3) is 0.571. The zero-order chi connectivity index (χ0) is 11.2. The molecule has 2 atom stereocenters. The molecule has 86 valence electrons. The number of fused-ring (bicyclic) bond motifs is 1. The van der Waals surface area contributed by atoms with Crippen LogP contribution in [0.5, 0.6) is 5.75 Å². The second-order valence-corrected chi connectivity index (χ2v) is 5.02. The Morgan fingerprint density at radius 3 is 2.44 bits per heavy atom. The van der Waals surface area contributed by atoms with Gasteiger partial charge in [-0.1, -0.05) is 31.0 Å². The molecule has 0 radical (unpaired) electrons. The Morgan fingerprint density at radius 1 is 1.19 bits per heavy atom. The highest BCUT2D eigenvalue weighted by atomic mass is 16.5. The summed E-state index contributed by atoms with van der Waals surface area (Å²) in [4.78, 5) is 0. The summed E-state index contributed by atoms with van der Waals surface area (Å²) in [6, 6.07) is 7.90. The predicted molar refractivity (Wildman–Crippen MR) is 62.3 cm³/mol. The third kappa shape index (κ3) is 1.23. The molecule has 2 nitrogen and oxygen atoms in total. The van der Waals surface area contributed by atoms with Gasteiger partial charge in [0.1, 0.15) is 5.75 Å². The lowest BCUT2D eigenvalue weighted by Crippen LogP contribution is -2.11. The minimum Gasteiger partial charge on any atom is -0.496 e.